The first-order valence-corrected chi connectivity index (χ1v) is 8.19. The number of ether oxygens (including phenoxy) is 2. The fourth-order valence-electron chi connectivity index (χ4n) is 2.78. The van der Waals surface area contributed by atoms with E-state index < -0.39 is 0 Å². The number of aromatic nitrogens is 4. The highest BCUT2D eigenvalue weighted by atomic mass is 16.5. The van der Waals surface area contributed by atoms with E-state index in [1.807, 2.05) is 6.07 Å². The molecule has 0 saturated carbocycles. The molecule has 0 unspecified atom stereocenters. The number of hydrogen-bond acceptors (Lipinski definition) is 7. The van der Waals surface area contributed by atoms with E-state index in [0.717, 1.165) is 0 Å². The average molecular weight is 364 g/mol. The normalized spacial score (nSPS) is 10.9. The van der Waals surface area contributed by atoms with Gasteiger partial charge in [-0.2, -0.15) is 4.98 Å². The van der Waals surface area contributed by atoms with Gasteiger partial charge in [-0.3, -0.25) is 9.36 Å². The van der Waals surface area contributed by atoms with Gasteiger partial charge in [0.05, 0.1) is 37.0 Å². The van der Waals surface area contributed by atoms with E-state index in [1.165, 1.54) is 10.9 Å². The summed E-state index contributed by atoms with van der Waals surface area (Å²) in [5, 5.41) is 4.53. The number of methoxy groups -OCH3 is 2. The highest BCUT2D eigenvalue weighted by Crippen LogP contribution is 2.31. The molecule has 0 aliphatic heterocycles. The van der Waals surface area contributed by atoms with E-state index in [-0.39, 0.29) is 12.1 Å². The number of para-hydroxylation sites is 1. The van der Waals surface area contributed by atoms with Crippen molar-refractivity contribution in [1.29, 1.82) is 0 Å². The molecule has 0 amide bonds. The molecule has 0 fully saturated rings. The average Bonchev–Trinajstić information content (AvgIpc) is 3.18. The third kappa shape index (κ3) is 3.12. The zero-order valence-electron chi connectivity index (χ0n) is 14.7. The molecule has 4 aromatic rings. The lowest BCUT2D eigenvalue weighted by atomic mass is 10.2. The van der Waals surface area contributed by atoms with Crippen LogP contribution in [0.5, 0.6) is 11.5 Å². The highest BCUT2D eigenvalue weighted by molar-refractivity contribution is 5.76. The Morgan fingerprint density at radius 3 is 2.78 bits per heavy atom. The molecule has 4 rings (SSSR count). The Kier molecular flexibility index (Phi) is 4.29. The summed E-state index contributed by atoms with van der Waals surface area (Å²) in [5.74, 6) is 1.88. The lowest BCUT2D eigenvalue weighted by Gasteiger charge is -2.07. The number of rotatable bonds is 5. The first-order chi connectivity index (χ1) is 13.2. The lowest BCUT2D eigenvalue weighted by Crippen LogP contribution is -2.21. The number of fused-ring (bicyclic) bond motifs is 1. The quantitative estimate of drug-likeness (QED) is 0.537. The van der Waals surface area contributed by atoms with Crippen LogP contribution in [0.25, 0.3) is 22.3 Å². The Hall–Kier alpha value is -3.68. The molecule has 2 aromatic heterocycles. The SMILES string of the molecule is COc1ccc(-c2noc(Cn3cnc4ccccc4c3=O)n2)c(OC)c1. The van der Waals surface area contributed by atoms with Crippen molar-refractivity contribution in [1.82, 2.24) is 19.7 Å². The Labute approximate surface area is 154 Å². The zero-order chi connectivity index (χ0) is 18.8. The minimum absolute atomic E-state index is 0.127. The number of benzene rings is 2. The van der Waals surface area contributed by atoms with Crippen molar-refractivity contribution in [3.8, 4) is 22.9 Å². The number of nitrogens with zero attached hydrogens (tertiary/aromatic N) is 4. The predicted octanol–water partition coefficient (Wildman–Crippen LogP) is 2.51. The van der Waals surface area contributed by atoms with Crippen LogP contribution in [0.15, 0.2) is 58.1 Å². The van der Waals surface area contributed by atoms with Crippen molar-refractivity contribution in [2.45, 2.75) is 6.54 Å². The minimum Gasteiger partial charge on any atom is -0.497 e. The summed E-state index contributed by atoms with van der Waals surface area (Å²) < 4.78 is 17.3. The standard InChI is InChI=1S/C19H16N4O4/c1-25-12-7-8-14(16(9-12)26-2)18-21-17(27-22-18)10-23-11-20-15-6-4-3-5-13(15)19(23)24/h3-9,11H,10H2,1-2H3. The molecule has 0 atom stereocenters. The van der Waals surface area contributed by atoms with Crippen LogP contribution < -0.4 is 15.0 Å². The van der Waals surface area contributed by atoms with E-state index in [9.17, 15) is 4.79 Å². The molecule has 27 heavy (non-hydrogen) atoms. The summed E-state index contributed by atoms with van der Waals surface area (Å²) >= 11 is 0. The summed E-state index contributed by atoms with van der Waals surface area (Å²) in [5.41, 5.74) is 1.15. The van der Waals surface area contributed by atoms with Crippen LogP contribution in [0, 0.1) is 0 Å². The van der Waals surface area contributed by atoms with Crippen molar-refractivity contribution in [3.63, 3.8) is 0 Å². The second-order valence-corrected chi connectivity index (χ2v) is 5.77. The molecule has 136 valence electrons. The summed E-state index contributed by atoms with van der Waals surface area (Å²) in [6, 6.07) is 12.5. The summed E-state index contributed by atoms with van der Waals surface area (Å²) in [4.78, 5) is 21.2. The van der Waals surface area contributed by atoms with Crippen molar-refractivity contribution < 1.29 is 14.0 Å². The second-order valence-electron chi connectivity index (χ2n) is 5.77. The van der Waals surface area contributed by atoms with Crippen LogP contribution in [-0.4, -0.2) is 33.9 Å². The fourth-order valence-corrected chi connectivity index (χ4v) is 2.78. The molecule has 8 heteroatoms. The maximum Gasteiger partial charge on any atom is 0.261 e. The Bertz CT molecular complexity index is 1170. The van der Waals surface area contributed by atoms with Crippen LogP contribution in [0.4, 0.5) is 0 Å². The van der Waals surface area contributed by atoms with E-state index in [2.05, 4.69) is 15.1 Å². The van der Waals surface area contributed by atoms with Gasteiger partial charge < -0.3 is 14.0 Å². The number of hydrogen-bond donors (Lipinski definition) is 0. The molecular formula is C19H16N4O4. The van der Waals surface area contributed by atoms with E-state index in [4.69, 9.17) is 14.0 Å². The molecule has 0 bridgehead atoms. The summed E-state index contributed by atoms with van der Waals surface area (Å²) in [6.07, 6.45) is 1.47. The molecule has 2 aromatic carbocycles. The van der Waals surface area contributed by atoms with Crippen molar-refractivity contribution in [2.24, 2.45) is 0 Å². The Balaban J connectivity index is 1.66. The minimum atomic E-state index is -0.164. The van der Waals surface area contributed by atoms with Gasteiger partial charge >= 0.3 is 0 Å². The Morgan fingerprint density at radius 2 is 1.96 bits per heavy atom. The highest BCUT2D eigenvalue weighted by Gasteiger charge is 2.15. The van der Waals surface area contributed by atoms with Gasteiger partial charge in [-0.05, 0) is 24.3 Å². The molecule has 0 spiro atoms. The first-order valence-electron chi connectivity index (χ1n) is 8.19. The molecule has 2 heterocycles. The fraction of sp³-hybridized carbons (Fsp3) is 0.158. The molecule has 8 nitrogen and oxygen atoms in total. The first kappa shape index (κ1) is 16.8. The van der Waals surface area contributed by atoms with E-state index in [0.29, 0.717) is 39.7 Å². The maximum atomic E-state index is 12.6. The van der Waals surface area contributed by atoms with Crippen molar-refractivity contribution in [2.75, 3.05) is 14.2 Å². The van der Waals surface area contributed by atoms with E-state index in [1.54, 1.807) is 50.6 Å². The smallest absolute Gasteiger partial charge is 0.261 e. The molecule has 0 radical (unpaired) electrons. The summed E-state index contributed by atoms with van der Waals surface area (Å²) in [7, 11) is 3.13. The van der Waals surface area contributed by atoms with Gasteiger partial charge in [0.15, 0.2) is 0 Å². The molecule has 0 aliphatic carbocycles. The van der Waals surface area contributed by atoms with Crippen molar-refractivity contribution >= 4 is 10.9 Å². The molecule has 0 aliphatic rings. The third-order valence-electron chi connectivity index (χ3n) is 4.15. The van der Waals surface area contributed by atoms with Crippen LogP contribution in [0.3, 0.4) is 0 Å². The van der Waals surface area contributed by atoms with E-state index >= 15 is 0 Å². The molecule has 0 N–H and O–H groups in total. The van der Waals surface area contributed by atoms with Crippen molar-refractivity contribution in [3.05, 3.63) is 65.0 Å². The van der Waals surface area contributed by atoms with Gasteiger partial charge in [0.1, 0.15) is 18.0 Å². The van der Waals surface area contributed by atoms with Gasteiger partial charge in [0.2, 0.25) is 11.7 Å². The summed E-state index contributed by atoms with van der Waals surface area (Å²) in [6.45, 7) is 0.127. The molecule has 0 saturated heterocycles. The predicted molar refractivity (Wildman–Crippen MR) is 97.9 cm³/mol. The second kappa shape index (κ2) is 6.91. The van der Waals surface area contributed by atoms with Gasteiger partial charge in [-0.15, -0.1) is 0 Å². The van der Waals surface area contributed by atoms with Crippen LogP contribution >= 0.6 is 0 Å². The lowest BCUT2D eigenvalue weighted by molar-refractivity contribution is 0.369. The topological polar surface area (TPSA) is 92.3 Å². The van der Waals surface area contributed by atoms with Gasteiger partial charge in [0, 0.05) is 6.07 Å². The zero-order valence-corrected chi connectivity index (χ0v) is 14.7. The van der Waals surface area contributed by atoms with Gasteiger partial charge in [0.25, 0.3) is 5.56 Å². The Morgan fingerprint density at radius 1 is 1.11 bits per heavy atom. The third-order valence-corrected chi connectivity index (χ3v) is 4.15. The van der Waals surface area contributed by atoms with Crippen LogP contribution in [0.1, 0.15) is 5.89 Å². The van der Waals surface area contributed by atoms with Crippen LogP contribution in [0.2, 0.25) is 0 Å². The molecular weight excluding hydrogens is 348 g/mol. The monoisotopic (exact) mass is 364 g/mol. The van der Waals surface area contributed by atoms with Gasteiger partial charge in [-0.25, -0.2) is 4.98 Å². The van der Waals surface area contributed by atoms with Crippen LogP contribution in [-0.2, 0) is 6.54 Å². The maximum absolute atomic E-state index is 12.6. The van der Waals surface area contributed by atoms with Gasteiger partial charge in [-0.1, -0.05) is 17.3 Å². The largest absolute Gasteiger partial charge is 0.497 e.